The van der Waals surface area contributed by atoms with Gasteiger partial charge in [0.05, 0.1) is 6.54 Å². The van der Waals surface area contributed by atoms with Crippen LogP contribution in [0.1, 0.15) is 31.2 Å². The van der Waals surface area contributed by atoms with Crippen molar-refractivity contribution < 1.29 is 4.52 Å². The molecule has 0 amide bonds. The molecule has 2 rings (SSSR count). The molecule has 0 spiro atoms. The summed E-state index contributed by atoms with van der Waals surface area (Å²) >= 11 is 0. The molecule has 4 heteroatoms. The molecule has 0 saturated carbocycles. The maximum atomic E-state index is 4.70. The Hall–Kier alpha value is -1.68. The van der Waals surface area contributed by atoms with Crippen LogP contribution in [0.4, 0.5) is 0 Å². The van der Waals surface area contributed by atoms with E-state index in [1.165, 1.54) is 12.0 Å². The Labute approximate surface area is 107 Å². The van der Waals surface area contributed by atoms with Crippen LogP contribution >= 0.6 is 0 Å². The van der Waals surface area contributed by atoms with Gasteiger partial charge in [0.1, 0.15) is 0 Å². The summed E-state index contributed by atoms with van der Waals surface area (Å²) < 4.78 is 4.70. The van der Waals surface area contributed by atoms with Crippen molar-refractivity contribution in [1.82, 2.24) is 15.5 Å². The lowest BCUT2D eigenvalue weighted by Crippen LogP contribution is -2.24. The largest absolute Gasteiger partial charge is 0.343 e. The first-order valence-electron chi connectivity index (χ1n) is 6.28. The first-order valence-corrected chi connectivity index (χ1v) is 6.28. The Morgan fingerprint density at radius 1 is 1.22 bits per heavy atom. The molecule has 0 radical (unpaired) electrons. The topological polar surface area (TPSA) is 51.0 Å². The molecule has 0 aliphatic rings. The van der Waals surface area contributed by atoms with Gasteiger partial charge >= 0.3 is 0 Å². The SMILES string of the molecule is CC(C)C(CNCc1ncon1)c1ccccc1. The molecule has 1 aromatic carbocycles. The molecule has 0 aliphatic carbocycles. The summed E-state index contributed by atoms with van der Waals surface area (Å²) in [5.74, 6) is 1.79. The summed E-state index contributed by atoms with van der Waals surface area (Å²) in [5, 5.41) is 7.16. The standard InChI is InChI=1S/C14H19N3O/c1-11(2)13(12-6-4-3-5-7-12)8-15-9-14-16-10-18-17-14/h3-7,10-11,13,15H,8-9H2,1-2H3. The summed E-state index contributed by atoms with van der Waals surface area (Å²) in [6, 6.07) is 10.6. The van der Waals surface area contributed by atoms with Gasteiger partial charge < -0.3 is 9.84 Å². The van der Waals surface area contributed by atoms with E-state index in [0.29, 0.717) is 24.2 Å². The number of rotatable bonds is 6. The van der Waals surface area contributed by atoms with Gasteiger partial charge in [0, 0.05) is 6.54 Å². The molecule has 1 atom stereocenters. The second-order valence-corrected chi connectivity index (χ2v) is 4.74. The smallest absolute Gasteiger partial charge is 0.213 e. The van der Waals surface area contributed by atoms with Crippen molar-refractivity contribution in [2.45, 2.75) is 26.3 Å². The number of nitrogens with zero attached hydrogens (tertiary/aromatic N) is 2. The summed E-state index contributed by atoms with van der Waals surface area (Å²) in [6.45, 7) is 6.05. The molecule has 2 aromatic rings. The molecule has 1 aromatic heterocycles. The highest BCUT2D eigenvalue weighted by Crippen LogP contribution is 2.23. The highest BCUT2D eigenvalue weighted by Gasteiger charge is 2.15. The molecule has 0 saturated heterocycles. The number of aromatic nitrogens is 2. The van der Waals surface area contributed by atoms with Crippen LogP contribution < -0.4 is 5.32 Å². The predicted molar refractivity (Wildman–Crippen MR) is 70.0 cm³/mol. The molecular formula is C14H19N3O. The van der Waals surface area contributed by atoms with E-state index in [0.717, 1.165) is 6.54 Å². The van der Waals surface area contributed by atoms with Gasteiger partial charge in [-0.25, -0.2) is 0 Å². The van der Waals surface area contributed by atoms with E-state index in [2.05, 4.69) is 53.6 Å². The second-order valence-electron chi connectivity index (χ2n) is 4.74. The summed E-state index contributed by atoms with van der Waals surface area (Å²) in [5.41, 5.74) is 1.37. The zero-order valence-corrected chi connectivity index (χ0v) is 10.8. The quantitative estimate of drug-likeness (QED) is 0.850. The van der Waals surface area contributed by atoms with E-state index in [-0.39, 0.29) is 0 Å². The third-order valence-electron chi connectivity index (χ3n) is 3.09. The van der Waals surface area contributed by atoms with E-state index < -0.39 is 0 Å². The molecule has 1 N–H and O–H groups in total. The Morgan fingerprint density at radius 2 is 2.00 bits per heavy atom. The first-order chi connectivity index (χ1) is 8.77. The van der Waals surface area contributed by atoms with Crippen molar-refractivity contribution in [2.24, 2.45) is 5.92 Å². The predicted octanol–water partition coefficient (Wildman–Crippen LogP) is 2.60. The van der Waals surface area contributed by atoms with Gasteiger partial charge in [0.15, 0.2) is 5.82 Å². The third kappa shape index (κ3) is 3.40. The van der Waals surface area contributed by atoms with Crippen LogP contribution in [0.3, 0.4) is 0 Å². The van der Waals surface area contributed by atoms with Crippen molar-refractivity contribution in [1.29, 1.82) is 0 Å². The van der Waals surface area contributed by atoms with E-state index in [1.54, 1.807) is 0 Å². The highest BCUT2D eigenvalue weighted by atomic mass is 16.5. The minimum absolute atomic E-state index is 0.498. The van der Waals surface area contributed by atoms with Crippen LogP contribution in [-0.2, 0) is 6.54 Å². The van der Waals surface area contributed by atoms with Crippen molar-refractivity contribution in [3.05, 3.63) is 48.1 Å². The fourth-order valence-electron chi connectivity index (χ4n) is 2.05. The number of nitrogens with one attached hydrogen (secondary N) is 1. The summed E-state index contributed by atoms with van der Waals surface area (Å²) in [7, 11) is 0. The molecular weight excluding hydrogens is 226 g/mol. The van der Waals surface area contributed by atoms with E-state index in [4.69, 9.17) is 4.52 Å². The van der Waals surface area contributed by atoms with Crippen LogP contribution in [0.25, 0.3) is 0 Å². The third-order valence-corrected chi connectivity index (χ3v) is 3.09. The van der Waals surface area contributed by atoms with Gasteiger partial charge in [-0.3, -0.25) is 0 Å². The van der Waals surface area contributed by atoms with Gasteiger partial charge in [0.2, 0.25) is 6.39 Å². The molecule has 18 heavy (non-hydrogen) atoms. The zero-order chi connectivity index (χ0) is 12.8. The first kappa shape index (κ1) is 12.8. The minimum Gasteiger partial charge on any atom is -0.343 e. The summed E-state index contributed by atoms with van der Waals surface area (Å²) in [4.78, 5) is 3.99. The van der Waals surface area contributed by atoms with E-state index >= 15 is 0 Å². The average molecular weight is 245 g/mol. The molecule has 96 valence electrons. The number of benzene rings is 1. The molecule has 0 bridgehead atoms. The minimum atomic E-state index is 0.498. The maximum Gasteiger partial charge on any atom is 0.213 e. The normalized spacial score (nSPS) is 12.8. The molecule has 1 unspecified atom stereocenters. The van der Waals surface area contributed by atoms with Crippen LogP contribution in [0.5, 0.6) is 0 Å². The monoisotopic (exact) mass is 245 g/mol. The average Bonchev–Trinajstić information content (AvgIpc) is 2.88. The highest BCUT2D eigenvalue weighted by molar-refractivity contribution is 5.20. The fourth-order valence-corrected chi connectivity index (χ4v) is 2.05. The van der Waals surface area contributed by atoms with Gasteiger partial charge in [-0.2, -0.15) is 4.98 Å². The van der Waals surface area contributed by atoms with Crippen molar-refractivity contribution in [2.75, 3.05) is 6.54 Å². The lowest BCUT2D eigenvalue weighted by Gasteiger charge is -2.21. The molecule has 4 nitrogen and oxygen atoms in total. The Balaban J connectivity index is 1.91. The van der Waals surface area contributed by atoms with Gasteiger partial charge in [-0.1, -0.05) is 49.3 Å². The lowest BCUT2D eigenvalue weighted by atomic mass is 9.88. The summed E-state index contributed by atoms with van der Waals surface area (Å²) in [6.07, 6.45) is 1.36. The Kier molecular flexibility index (Phi) is 4.47. The zero-order valence-electron chi connectivity index (χ0n) is 10.8. The second kappa shape index (κ2) is 6.31. The van der Waals surface area contributed by atoms with E-state index in [1.807, 2.05) is 6.07 Å². The Bertz CT molecular complexity index is 439. The van der Waals surface area contributed by atoms with Gasteiger partial charge in [-0.15, -0.1) is 0 Å². The Morgan fingerprint density at radius 3 is 2.61 bits per heavy atom. The van der Waals surface area contributed by atoms with Crippen LogP contribution in [0.2, 0.25) is 0 Å². The van der Waals surface area contributed by atoms with Crippen LogP contribution in [-0.4, -0.2) is 16.7 Å². The van der Waals surface area contributed by atoms with Crippen LogP contribution in [0.15, 0.2) is 41.2 Å². The van der Waals surface area contributed by atoms with Gasteiger partial charge in [0.25, 0.3) is 0 Å². The van der Waals surface area contributed by atoms with E-state index in [9.17, 15) is 0 Å². The van der Waals surface area contributed by atoms with Crippen molar-refractivity contribution >= 4 is 0 Å². The number of hydrogen-bond acceptors (Lipinski definition) is 4. The van der Waals surface area contributed by atoms with Crippen molar-refractivity contribution in [3.8, 4) is 0 Å². The number of hydrogen-bond donors (Lipinski definition) is 1. The molecule has 1 heterocycles. The molecule has 0 aliphatic heterocycles. The lowest BCUT2D eigenvalue weighted by molar-refractivity contribution is 0.403. The molecule has 0 fully saturated rings. The maximum absolute atomic E-state index is 4.70. The van der Waals surface area contributed by atoms with Gasteiger partial charge in [-0.05, 0) is 17.4 Å². The van der Waals surface area contributed by atoms with Crippen LogP contribution in [0, 0.1) is 5.92 Å². The fraction of sp³-hybridized carbons (Fsp3) is 0.429. The van der Waals surface area contributed by atoms with Crippen molar-refractivity contribution in [3.63, 3.8) is 0 Å².